The maximum Gasteiger partial charge on any atom is 0.356 e. The zero-order valence-corrected chi connectivity index (χ0v) is 19.1. The van der Waals surface area contributed by atoms with Gasteiger partial charge < -0.3 is 25.1 Å². The molecule has 0 atom stereocenters. The highest BCUT2D eigenvalue weighted by atomic mass is 19.1. The van der Waals surface area contributed by atoms with Crippen LogP contribution in [0.2, 0.25) is 0 Å². The second-order valence-corrected chi connectivity index (χ2v) is 8.33. The first-order valence-corrected chi connectivity index (χ1v) is 10.8. The van der Waals surface area contributed by atoms with Crippen LogP contribution in [0.1, 0.15) is 42.7 Å². The van der Waals surface area contributed by atoms with E-state index in [1.54, 1.807) is 25.3 Å². The molecule has 1 saturated heterocycles. The Bertz CT molecular complexity index is 954. The molecule has 1 aromatic carbocycles. The lowest BCUT2D eigenvalue weighted by Gasteiger charge is -2.35. The topological polar surface area (TPSA) is 87.5 Å². The number of methoxy groups -OCH3 is 2. The predicted molar refractivity (Wildman–Crippen MR) is 124 cm³/mol. The van der Waals surface area contributed by atoms with Gasteiger partial charge in [-0.3, -0.25) is 0 Å². The Morgan fingerprint density at radius 2 is 1.91 bits per heavy atom. The highest BCUT2D eigenvalue weighted by molar-refractivity contribution is 6.09. The molecule has 2 heterocycles. The molecule has 32 heavy (non-hydrogen) atoms. The van der Waals surface area contributed by atoms with Crippen LogP contribution in [0, 0.1) is 23.1 Å². The van der Waals surface area contributed by atoms with Crippen LogP contribution in [0.25, 0.3) is 0 Å². The number of halogens is 1. The van der Waals surface area contributed by atoms with E-state index in [-0.39, 0.29) is 17.4 Å². The molecule has 3 rings (SSSR count). The summed E-state index contributed by atoms with van der Waals surface area (Å²) in [5.74, 6) is -0.0820. The van der Waals surface area contributed by atoms with Gasteiger partial charge in [0.05, 0.1) is 18.4 Å². The summed E-state index contributed by atoms with van der Waals surface area (Å²) < 4.78 is 23.6. The number of carbonyl (C=O) groups excluding carboxylic acids is 1. The number of benzene rings is 1. The SMILES string of the molecule is COCC1CCN(c2cc(C(=O)OC)nc(Nc3ccc(F)cc3)c2C(=N)C(C)C)CC1. The summed E-state index contributed by atoms with van der Waals surface area (Å²) >= 11 is 0. The Hall–Kier alpha value is -3.00. The second-order valence-electron chi connectivity index (χ2n) is 8.33. The summed E-state index contributed by atoms with van der Waals surface area (Å²) in [6.07, 6.45) is 1.91. The number of anilines is 3. The van der Waals surface area contributed by atoms with Crippen molar-refractivity contribution in [3.63, 3.8) is 0 Å². The zero-order valence-electron chi connectivity index (χ0n) is 19.1. The molecular weight excluding hydrogens is 411 g/mol. The molecule has 0 spiro atoms. The van der Waals surface area contributed by atoms with Crippen molar-refractivity contribution < 1.29 is 18.7 Å². The van der Waals surface area contributed by atoms with Crippen LogP contribution in [0.3, 0.4) is 0 Å². The van der Waals surface area contributed by atoms with Crippen molar-refractivity contribution in [3.8, 4) is 0 Å². The molecule has 172 valence electrons. The number of piperidine rings is 1. The van der Waals surface area contributed by atoms with Crippen molar-refractivity contribution in [2.75, 3.05) is 44.1 Å². The van der Waals surface area contributed by atoms with E-state index in [0.717, 1.165) is 38.2 Å². The van der Waals surface area contributed by atoms with Crippen molar-refractivity contribution >= 4 is 28.9 Å². The van der Waals surface area contributed by atoms with Crippen LogP contribution in [0.4, 0.5) is 21.6 Å². The number of pyridine rings is 1. The molecule has 1 fully saturated rings. The molecule has 2 aromatic rings. The average Bonchev–Trinajstić information content (AvgIpc) is 2.79. The molecule has 0 bridgehead atoms. The van der Waals surface area contributed by atoms with Crippen molar-refractivity contribution in [1.29, 1.82) is 5.41 Å². The van der Waals surface area contributed by atoms with Crippen LogP contribution < -0.4 is 10.2 Å². The van der Waals surface area contributed by atoms with Gasteiger partial charge in [0.2, 0.25) is 0 Å². The quantitative estimate of drug-likeness (QED) is 0.458. The van der Waals surface area contributed by atoms with Crippen LogP contribution in [0.15, 0.2) is 30.3 Å². The van der Waals surface area contributed by atoms with Gasteiger partial charge in [-0.1, -0.05) is 13.8 Å². The predicted octanol–water partition coefficient (Wildman–Crippen LogP) is 4.64. The van der Waals surface area contributed by atoms with Gasteiger partial charge in [-0.2, -0.15) is 0 Å². The summed E-state index contributed by atoms with van der Waals surface area (Å²) in [5.41, 5.74) is 2.60. The van der Waals surface area contributed by atoms with Crippen LogP contribution in [0.5, 0.6) is 0 Å². The highest BCUT2D eigenvalue weighted by Gasteiger charge is 2.27. The molecule has 0 unspecified atom stereocenters. The number of nitrogens with zero attached hydrogens (tertiary/aromatic N) is 2. The van der Waals surface area contributed by atoms with Crippen molar-refractivity contribution in [2.45, 2.75) is 26.7 Å². The minimum absolute atomic E-state index is 0.0562. The van der Waals surface area contributed by atoms with Gasteiger partial charge in [-0.15, -0.1) is 0 Å². The summed E-state index contributed by atoms with van der Waals surface area (Å²) in [4.78, 5) is 19.1. The zero-order chi connectivity index (χ0) is 23.3. The van der Waals surface area contributed by atoms with E-state index in [2.05, 4.69) is 15.2 Å². The molecule has 1 aromatic heterocycles. The monoisotopic (exact) mass is 442 g/mol. The number of aromatic nitrogens is 1. The molecule has 1 aliphatic rings. The maximum atomic E-state index is 13.4. The fourth-order valence-electron chi connectivity index (χ4n) is 3.88. The van der Waals surface area contributed by atoms with E-state index in [9.17, 15) is 9.18 Å². The first-order valence-electron chi connectivity index (χ1n) is 10.8. The molecule has 7 nitrogen and oxygen atoms in total. The van der Waals surface area contributed by atoms with Crippen molar-refractivity contribution in [1.82, 2.24) is 4.98 Å². The van der Waals surface area contributed by atoms with Gasteiger partial charge in [-0.05, 0) is 55.0 Å². The van der Waals surface area contributed by atoms with Crippen LogP contribution in [-0.4, -0.2) is 50.6 Å². The Morgan fingerprint density at radius 3 is 2.47 bits per heavy atom. The number of hydrogen-bond acceptors (Lipinski definition) is 7. The molecule has 1 aliphatic heterocycles. The van der Waals surface area contributed by atoms with Gasteiger partial charge in [0.15, 0.2) is 5.69 Å². The Labute approximate surface area is 188 Å². The smallest absolute Gasteiger partial charge is 0.356 e. The largest absolute Gasteiger partial charge is 0.464 e. The lowest BCUT2D eigenvalue weighted by molar-refractivity contribution is 0.0594. The lowest BCUT2D eigenvalue weighted by atomic mass is 9.94. The molecular formula is C24H31FN4O3. The number of ether oxygens (including phenoxy) is 2. The number of esters is 1. The normalized spacial score (nSPS) is 14.5. The second kappa shape index (κ2) is 10.5. The third-order valence-corrected chi connectivity index (χ3v) is 5.70. The Balaban J connectivity index is 2.09. The molecule has 0 aliphatic carbocycles. The van der Waals surface area contributed by atoms with Gasteiger partial charge >= 0.3 is 5.97 Å². The number of hydrogen-bond donors (Lipinski definition) is 2. The number of rotatable bonds is 8. The van der Waals surface area contributed by atoms with Gasteiger partial charge in [0, 0.05) is 38.2 Å². The highest BCUT2D eigenvalue weighted by Crippen LogP contribution is 2.34. The molecule has 0 radical (unpaired) electrons. The fourth-order valence-corrected chi connectivity index (χ4v) is 3.88. The van der Waals surface area contributed by atoms with Gasteiger partial charge in [-0.25, -0.2) is 14.2 Å². The Kier molecular flexibility index (Phi) is 7.80. The fraction of sp³-hybridized carbons (Fsp3) is 0.458. The van der Waals surface area contributed by atoms with Crippen LogP contribution >= 0.6 is 0 Å². The molecule has 0 amide bonds. The summed E-state index contributed by atoms with van der Waals surface area (Å²) in [5, 5.41) is 12.0. The summed E-state index contributed by atoms with van der Waals surface area (Å²) in [6, 6.07) is 7.61. The van der Waals surface area contributed by atoms with E-state index >= 15 is 0 Å². The molecule has 8 heteroatoms. The third-order valence-electron chi connectivity index (χ3n) is 5.70. The Morgan fingerprint density at radius 1 is 1.25 bits per heavy atom. The van der Waals surface area contributed by atoms with Gasteiger partial charge in [0.25, 0.3) is 0 Å². The lowest BCUT2D eigenvalue weighted by Crippen LogP contribution is -2.36. The van der Waals surface area contributed by atoms with E-state index in [1.165, 1.54) is 19.2 Å². The first-order chi connectivity index (χ1) is 15.3. The van der Waals surface area contributed by atoms with E-state index in [0.29, 0.717) is 28.7 Å². The molecule has 2 N–H and O–H groups in total. The van der Waals surface area contributed by atoms with Crippen molar-refractivity contribution in [3.05, 3.63) is 47.4 Å². The van der Waals surface area contributed by atoms with Gasteiger partial charge in [0.1, 0.15) is 11.6 Å². The maximum absolute atomic E-state index is 13.4. The summed E-state index contributed by atoms with van der Waals surface area (Å²) in [6.45, 7) is 6.20. The van der Waals surface area contributed by atoms with E-state index in [4.69, 9.17) is 14.9 Å². The van der Waals surface area contributed by atoms with Crippen molar-refractivity contribution in [2.24, 2.45) is 11.8 Å². The minimum Gasteiger partial charge on any atom is -0.464 e. The summed E-state index contributed by atoms with van der Waals surface area (Å²) in [7, 11) is 3.03. The standard InChI is InChI=1S/C24H31FN4O3/c1-15(2)22(26)21-20(29-11-9-16(10-12-29)14-31-3)13-19(24(30)32-4)28-23(21)27-18-7-5-17(25)6-8-18/h5-8,13,15-16,26H,9-12,14H2,1-4H3,(H,27,28). The number of carbonyl (C=O) groups is 1. The first kappa shape index (κ1) is 23.7. The average molecular weight is 443 g/mol. The number of nitrogens with one attached hydrogen (secondary N) is 2. The van der Waals surface area contributed by atoms with E-state index < -0.39 is 5.97 Å². The van der Waals surface area contributed by atoms with Crippen LogP contribution in [-0.2, 0) is 9.47 Å². The molecule has 0 saturated carbocycles. The minimum atomic E-state index is -0.551. The van der Waals surface area contributed by atoms with E-state index in [1.807, 2.05) is 13.8 Å². The third kappa shape index (κ3) is 5.43.